The fraction of sp³-hybridized carbons (Fsp3) is 0.611. The molecule has 0 atom stereocenters. The molecule has 0 aliphatic carbocycles. The number of nitrogens with zero attached hydrogens (tertiary/aromatic N) is 2. The molecular formula is C18H27N3O6. The second-order valence-corrected chi connectivity index (χ2v) is 6.41. The number of nitrogens with one attached hydrogen (secondary N) is 1. The zero-order valence-corrected chi connectivity index (χ0v) is 15.4. The molecule has 0 saturated carbocycles. The van der Waals surface area contributed by atoms with Crippen molar-refractivity contribution < 1.29 is 19.7 Å². The van der Waals surface area contributed by atoms with Gasteiger partial charge < -0.3 is 10.4 Å². The van der Waals surface area contributed by atoms with Gasteiger partial charge in [0.25, 0.3) is 17.3 Å². The van der Waals surface area contributed by atoms with Crippen LogP contribution >= 0.6 is 0 Å². The largest absolute Gasteiger partial charge is 0.396 e. The molecule has 0 fully saturated rings. The second-order valence-electron chi connectivity index (χ2n) is 6.41. The molecule has 0 saturated heterocycles. The predicted octanol–water partition coefficient (Wildman–Crippen LogP) is 3.74. The lowest BCUT2D eigenvalue weighted by Crippen LogP contribution is -2.24. The van der Waals surface area contributed by atoms with Crippen LogP contribution in [0, 0.1) is 20.2 Å². The molecule has 0 radical (unpaired) electrons. The molecule has 0 aliphatic heterocycles. The molecule has 0 aromatic heterocycles. The standard InChI is InChI=1S/C18H27N3O6/c22-11-9-7-5-3-1-2-4-6-8-10-19-18(23)15-12-16(20(24)25)14-17(13-15)21(26)27/h12-14,22H,1-11H2,(H,19,23). The van der Waals surface area contributed by atoms with Crippen LogP contribution in [0.1, 0.15) is 68.1 Å². The quantitative estimate of drug-likeness (QED) is 0.286. The van der Waals surface area contributed by atoms with Crippen LogP contribution in [-0.4, -0.2) is 34.0 Å². The Kier molecular flexibility index (Phi) is 10.6. The maximum absolute atomic E-state index is 12.1. The van der Waals surface area contributed by atoms with Gasteiger partial charge in [-0.3, -0.25) is 25.0 Å². The zero-order chi connectivity index (χ0) is 20.1. The van der Waals surface area contributed by atoms with Crippen LogP contribution in [0.4, 0.5) is 11.4 Å². The summed E-state index contributed by atoms with van der Waals surface area (Å²) in [5, 5.41) is 33.0. The average molecular weight is 381 g/mol. The number of nitro benzene ring substituents is 2. The van der Waals surface area contributed by atoms with Gasteiger partial charge in [-0.2, -0.15) is 0 Å². The van der Waals surface area contributed by atoms with E-state index in [1.807, 2.05) is 0 Å². The summed E-state index contributed by atoms with van der Waals surface area (Å²) in [6.07, 6.45) is 9.36. The lowest BCUT2D eigenvalue weighted by atomic mass is 10.1. The molecule has 2 N–H and O–H groups in total. The number of hydrogen-bond donors (Lipinski definition) is 2. The normalized spacial score (nSPS) is 10.6. The van der Waals surface area contributed by atoms with E-state index in [-0.39, 0.29) is 12.2 Å². The highest BCUT2D eigenvalue weighted by atomic mass is 16.6. The minimum Gasteiger partial charge on any atom is -0.396 e. The summed E-state index contributed by atoms with van der Waals surface area (Å²) < 4.78 is 0. The SMILES string of the molecule is O=C(NCCCCCCCCCCCO)c1cc([N+](=O)[O-])cc([N+](=O)[O-])c1. The van der Waals surface area contributed by atoms with Crippen molar-refractivity contribution in [2.45, 2.75) is 57.8 Å². The first-order chi connectivity index (χ1) is 13.0. The smallest absolute Gasteiger partial charge is 0.277 e. The number of hydrogen-bond acceptors (Lipinski definition) is 6. The highest BCUT2D eigenvalue weighted by Crippen LogP contribution is 2.22. The van der Waals surface area contributed by atoms with E-state index >= 15 is 0 Å². The fourth-order valence-electron chi connectivity index (χ4n) is 2.72. The highest BCUT2D eigenvalue weighted by molar-refractivity contribution is 5.95. The molecule has 150 valence electrons. The van der Waals surface area contributed by atoms with Crippen molar-refractivity contribution in [3.8, 4) is 0 Å². The van der Waals surface area contributed by atoms with Crippen molar-refractivity contribution in [3.05, 3.63) is 44.0 Å². The maximum Gasteiger partial charge on any atom is 0.277 e. The third-order valence-electron chi connectivity index (χ3n) is 4.21. The van der Waals surface area contributed by atoms with Crippen molar-refractivity contribution in [1.82, 2.24) is 5.32 Å². The maximum atomic E-state index is 12.1. The van der Waals surface area contributed by atoms with Gasteiger partial charge in [-0.05, 0) is 12.8 Å². The number of non-ortho nitro benzene ring substituents is 2. The number of carbonyl (C=O) groups excluding carboxylic acids is 1. The first-order valence-corrected chi connectivity index (χ1v) is 9.28. The van der Waals surface area contributed by atoms with E-state index < -0.39 is 27.1 Å². The van der Waals surface area contributed by atoms with Gasteiger partial charge in [-0.1, -0.05) is 44.9 Å². The van der Waals surface area contributed by atoms with E-state index in [1.165, 1.54) is 6.42 Å². The summed E-state index contributed by atoms with van der Waals surface area (Å²) in [5.41, 5.74) is -1.04. The first kappa shape index (κ1) is 22.5. The lowest BCUT2D eigenvalue weighted by Gasteiger charge is -2.06. The molecule has 1 aromatic rings. The van der Waals surface area contributed by atoms with Crippen LogP contribution < -0.4 is 5.32 Å². The molecule has 1 amide bonds. The number of aliphatic hydroxyl groups is 1. The summed E-state index contributed by atoms with van der Waals surface area (Å²) in [4.78, 5) is 32.3. The topological polar surface area (TPSA) is 136 Å². The molecule has 1 rings (SSSR count). The van der Waals surface area contributed by atoms with Crippen LogP contribution in [0.25, 0.3) is 0 Å². The van der Waals surface area contributed by atoms with Gasteiger partial charge in [0, 0.05) is 25.3 Å². The Hall–Kier alpha value is -2.55. The van der Waals surface area contributed by atoms with Crippen LogP contribution in [0.3, 0.4) is 0 Å². The Morgan fingerprint density at radius 1 is 0.815 bits per heavy atom. The van der Waals surface area contributed by atoms with E-state index in [4.69, 9.17) is 5.11 Å². The van der Waals surface area contributed by atoms with E-state index in [0.29, 0.717) is 6.54 Å². The van der Waals surface area contributed by atoms with Gasteiger partial charge in [0.1, 0.15) is 0 Å². The number of aliphatic hydroxyl groups excluding tert-OH is 1. The van der Waals surface area contributed by atoms with Crippen molar-refractivity contribution in [2.75, 3.05) is 13.2 Å². The Bertz CT molecular complexity index is 603. The highest BCUT2D eigenvalue weighted by Gasteiger charge is 2.19. The van der Waals surface area contributed by atoms with Gasteiger partial charge in [-0.25, -0.2) is 0 Å². The average Bonchev–Trinajstić information content (AvgIpc) is 2.65. The Labute approximate surface area is 158 Å². The molecule has 0 aliphatic rings. The van der Waals surface area contributed by atoms with Gasteiger partial charge in [0.2, 0.25) is 0 Å². The third kappa shape index (κ3) is 9.09. The van der Waals surface area contributed by atoms with Crippen LogP contribution in [0.5, 0.6) is 0 Å². The van der Waals surface area contributed by atoms with E-state index in [9.17, 15) is 25.0 Å². The lowest BCUT2D eigenvalue weighted by molar-refractivity contribution is -0.394. The van der Waals surface area contributed by atoms with E-state index in [0.717, 1.165) is 69.6 Å². The van der Waals surface area contributed by atoms with Crippen molar-refractivity contribution >= 4 is 17.3 Å². The number of carbonyl (C=O) groups is 1. The molecule has 9 nitrogen and oxygen atoms in total. The van der Waals surface area contributed by atoms with Gasteiger partial charge in [0.15, 0.2) is 0 Å². The predicted molar refractivity (Wildman–Crippen MR) is 101 cm³/mol. The van der Waals surface area contributed by atoms with Gasteiger partial charge in [0.05, 0.1) is 21.5 Å². The van der Waals surface area contributed by atoms with E-state index in [2.05, 4.69) is 5.32 Å². The first-order valence-electron chi connectivity index (χ1n) is 9.28. The van der Waals surface area contributed by atoms with Crippen LogP contribution in [-0.2, 0) is 0 Å². The number of amides is 1. The molecule has 9 heteroatoms. The summed E-state index contributed by atoms with van der Waals surface area (Å²) in [5.74, 6) is -0.550. The van der Waals surface area contributed by atoms with Crippen molar-refractivity contribution in [2.24, 2.45) is 0 Å². The number of nitro groups is 2. The molecule has 0 heterocycles. The van der Waals surface area contributed by atoms with Gasteiger partial charge >= 0.3 is 0 Å². The number of benzene rings is 1. The minimum absolute atomic E-state index is 0.0845. The van der Waals surface area contributed by atoms with Crippen LogP contribution in [0.15, 0.2) is 18.2 Å². The van der Waals surface area contributed by atoms with E-state index in [1.54, 1.807) is 0 Å². The molecule has 27 heavy (non-hydrogen) atoms. The van der Waals surface area contributed by atoms with Crippen molar-refractivity contribution in [1.29, 1.82) is 0 Å². The number of rotatable bonds is 14. The Balaban J connectivity index is 2.29. The molecule has 0 spiro atoms. The minimum atomic E-state index is -0.756. The second kappa shape index (κ2) is 12.7. The Morgan fingerprint density at radius 3 is 1.70 bits per heavy atom. The molecule has 0 unspecified atom stereocenters. The molecular weight excluding hydrogens is 354 g/mol. The van der Waals surface area contributed by atoms with Gasteiger partial charge in [-0.15, -0.1) is 0 Å². The van der Waals surface area contributed by atoms with Crippen molar-refractivity contribution in [3.63, 3.8) is 0 Å². The summed E-state index contributed by atoms with van der Waals surface area (Å²) in [6.45, 7) is 0.682. The number of unbranched alkanes of at least 4 members (excludes halogenated alkanes) is 8. The fourth-order valence-corrected chi connectivity index (χ4v) is 2.72. The molecule has 0 bridgehead atoms. The summed E-state index contributed by atoms with van der Waals surface area (Å²) in [6, 6.07) is 2.92. The van der Waals surface area contributed by atoms with Crippen LogP contribution in [0.2, 0.25) is 0 Å². The Morgan fingerprint density at radius 2 is 1.26 bits per heavy atom. The monoisotopic (exact) mass is 381 g/mol. The summed E-state index contributed by atoms with van der Waals surface area (Å²) >= 11 is 0. The summed E-state index contributed by atoms with van der Waals surface area (Å²) in [7, 11) is 0. The molecule has 1 aromatic carbocycles. The third-order valence-corrected chi connectivity index (χ3v) is 4.21. The zero-order valence-electron chi connectivity index (χ0n) is 15.4.